The minimum absolute atomic E-state index is 0.149. The van der Waals surface area contributed by atoms with Gasteiger partial charge >= 0.3 is 12.1 Å². The van der Waals surface area contributed by atoms with Gasteiger partial charge in [0.1, 0.15) is 0 Å². The van der Waals surface area contributed by atoms with E-state index in [1.807, 2.05) is 32.0 Å². The minimum atomic E-state index is -4.58. The van der Waals surface area contributed by atoms with Crippen LogP contribution in [-0.2, 0) is 17.5 Å². The first-order chi connectivity index (χ1) is 15.0. The number of aliphatic carboxylic acids is 1. The molecule has 0 radical (unpaired) electrons. The van der Waals surface area contributed by atoms with Crippen LogP contribution in [0, 0.1) is 12.8 Å². The van der Waals surface area contributed by atoms with E-state index in [0.29, 0.717) is 25.3 Å². The molecule has 0 saturated carbocycles. The van der Waals surface area contributed by atoms with Crippen molar-refractivity contribution in [2.24, 2.45) is 5.92 Å². The second kappa shape index (κ2) is 9.68. The number of hydrogen-bond acceptors (Lipinski definition) is 4. The van der Waals surface area contributed by atoms with Crippen LogP contribution >= 0.6 is 11.6 Å². The Hall–Kier alpha value is -2.29. The quantitative estimate of drug-likeness (QED) is 0.583. The molecule has 0 amide bonds. The number of carbonyl (C=O) groups is 1. The van der Waals surface area contributed by atoms with Crippen molar-refractivity contribution in [1.82, 2.24) is 4.90 Å². The summed E-state index contributed by atoms with van der Waals surface area (Å²) in [4.78, 5) is 14.8. The number of aliphatic hydroxyl groups excluding tert-OH is 1. The monoisotopic (exact) mass is 470 g/mol. The smallest absolute Gasteiger partial charge is 0.417 e. The predicted molar refractivity (Wildman–Crippen MR) is 117 cm³/mol. The Bertz CT molecular complexity index is 977. The normalized spacial score (nSPS) is 16.0. The van der Waals surface area contributed by atoms with Gasteiger partial charge in [0.05, 0.1) is 29.2 Å². The zero-order valence-corrected chi connectivity index (χ0v) is 18.6. The fourth-order valence-corrected chi connectivity index (χ4v) is 4.19. The van der Waals surface area contributed by atoms with Gasteiger partial charge in [-0.25, -0.2) is 0 Å². The first-order valence-electron chi connectivity index (χ1n) is 10.3. The maximum absolute atomic E-state index is 13.3. The molecule has 1 heterocycles. The summed E-state index contributed by atoms with van der Waals surface area (Å²) in [5.41, 5.74) is 2.38. The molecule has 2 aromatic rings. The van der Waals surface area contributed by atoms with Gasteiger partial charge in [0.15, 0.2) is 0 Å². The number of benzene rings is 2. The van der Waals surface area contributed by atoms with Crippen LogP contribution in [0.2, 0.25) is 5.02 Å². The van der Waals surface area contributed by atoms with Crippen LogP contribution < -0.4 is 4.90 Å². The predicted octanol–water partition coefficient (Wildman–Crippen LogP) is 4.74. The lowest BCUT2D eigenvalue weighted by molar-refractivity contribution is -0.147. The van der Waals surface area contributed by atoms with Crippen LogP contribution in [0.5, 0.6) is 0 Å². The largest absolute Gasteiger partial charge is 0.481 e. The molecule has 174 valence electrons. The Balaban J connectivity index is 1.85. The molecule has 5 nitrogen and oxygen atoms in total. The van der Waals surface area contributed by atoms with Crippen LogP contribution in [0.15, 0.2) is 36.4 Å². The topological polar surface area (TPSA) is 64.0 Å². The number of halogens is 4. The van der Waals surface area contributed by atoms with E-state index in [2.05, 4.69) is 4.90 Å². The Kier molecular flexibility index (Phi) is 7.37. The molecule has 1 unspecified atom stereocenters. The Morgan fingerprint density at radius 1 is 1.25 bits per heavy atom. The third kappa shape index (κ3) is 5.36. The average molecular weight is 471 g/mol. The van der Waals surface area contributed by atoms with Gasteiger partial charge in [0.2, 0.25) is 0 Å². The summed E-state index contributed by atoms with van der Waals surface area (Å²) in [6, 6.07) is 9.31. The molecule has 0 bridgehead atoms. The van der Waals surface area contributed by atoms with Crippen molar-refractivity contribution < 1.29 is 28.2 Å². The number of hydrogen-bond donors (Lipinski definition) is 2. The van der Waals surface area contributed by atoms with E-state index < -0.39 is 17.7 Å². The van der Waals surface area contributed by atoms with Crippen molar-refractivity contribution in [3.8, 4) is 0 Å². The molecule has 0 aromatic heterocycles. The molecule has 32 heavy (non-hydrogen) atoms. The number of carboxylic acids is 1. The highest BCUT2D eigenvalue weighted by molar-refractivity contribution is 6.31. The fourth-order valence-electron chi connectivity index (χ4n) is 3.96. The van der Waals surface area contributed by atoms with Crippen molar-refractivity contribution in [1.29, 1.82) is 0 Å². The second-order valence-electron chi connectivity index (χ2n) is 8.17. The SMILES string of the molecule is Cc1ccc(C(C)N(CCO)c2ccc(Cl)c(C(F)(F)F)c2)cc1CN1CC(C(=O)O)C1. The summed E-state index contributed by atoms with van der Waals surface area (Å²) in [5, 5.41) is 18.3. The molecule has 1 atom stereocenters. The van der Waals surface area contributed by atoms with E-state index in [9.17, 15) is 23.1 Å². The van der Waals surface area contributed by atoms with Gasteiger partial charge in [0.25, 0.3) is 0 Å². The van der Waals surface area contributed by atoms with E-state index in [4.69, 9.17) is 16.7 Å². The van der Waals surface area contributed by atoms with Crippen LogP contribution in [0.1, 0.15) is 35.2 Å². The highest BCUT2D eigenvalue weighted by Gasteiger charge is 2.34. The zero-order chi connectivity index (χ0) is 23.6. The van der Waals surface area contributed by atoms with Gasteiger partial charge in [-0.2, -0.15) is 13.2 Å². The second-order valence-corrected chi connectivity index (χ2v) is 8.58. The van der Waals surface area contributed by atoms with Crippen LogP contribution in [0.3, 0.4) is 0 Å². The maximum atomic E-state index is 13.3. The summed E-state index contributed by atoms with van der Waals surface area (Å²) in [7, 11) is 0. The van der Waals surface area contributed by atoms with Crippen molar-refractivity contribution >= 4 is 23.3 Å². The van der Waals surface area contributed by atoms with E-state index in [1.165, 1.54) is 12.1 Å². The summed E-state index contributed by atoms with van der Waals surface area (Å²) >= 11 is 5.77. The lowest BCUT2D eigenvalue weighted by atomic mass is 9.96. The number of aryl methyl sites for hydroxylation is 1. The number of anilines is 1. The standard InChI is InChI=1S/C23H26ClF3N2O3/c1-14-3-4-16(9-17(14)11-28-12-18(13-28)22(31)32)15(2)29(7-8-30)19-5-6-21(24)20(10-19)23(25,26)27/h3-6,9-10,15,18,30H,7-8,11-13H2,1-2H3,(H,31,32). The first-order valence-corrected chi connectivity index (χ1v) is 10.7. The number of alkyl halides is 3. The molecule has 1 fully saturated rings. The summed E-state index contributed by atoms with van der Waals surface area (Å²) in [5.74, 6) is -1.13. The van der Waals surface area contributed by atoms with Crippen LogP contribution in [0.4, 0.5) is 18.9 Å². The number of rotatable bonds is 8. The number of likely N-dealkylation sites (tertiary alicyclic amines) is 1. The Labute approximate surface area is 190 Å². The first kappa shape index (κ1) is 24.4. The summed E-state index contributed by atoms with van der Waals surface area (Å²) in [6.07, 6.45) is -4.58. The van der Waals surface area contributed by atoms with Crippen molar-refractivity contribution in [2.45, 2.75) is 32.6 Å². The van der Waals surface area contributed by atoms with E-state index in [1.54, 1.807) is 4.90 Å². The molecular weight excluding hydrogens is 445 g/mol. The highest BCUT2D eigenvalue weighted by Crippen LogP contribution is 2.38. The lowest BCUT2D eigenvalue weighted by Crippen LogP contribution is -2.49. The molecule has 0 spiro atoms. The summed E-state index contributed by atoms with van der Waals surface area (Å²) < 4.78 is 40.0. The van der Waals surface area contributed by atoms with Crippen molar-refractivity contribution in [3.63, 3.8) is 0 Å². The van der Waals surface area contributed by atoms with Gasteiger partial charge in [-0.05, 0) is 48.7 Å². The zero-order valence-electron chi connectivity index (χ0n) is 17.9. The van der Waals surface area contributed by atoms with Gasteiger partial charge in [0, 0.05) is 31.9 Å². The molecular formula is C23H26ClF3N2O3. The van der Waals surface area contributed by atoms with Gasteiger partial charge in [-0.3, -0.25) is 9.69 Å². The fraction of sp³-hybridized carbons (Fsp3) is 0.435. The van der Waals surface area contributed by atoms with Gasteiger partial charge in [-0.15, -0.1) is 0 Å². The van der Waals surface area contributed by atoms with Gasteiger partial charge < -0.3 is 15.1 Å². The Morgan fingerprint density at radius 2 is 1.94 bits per heavy atom. The van der Waals surface area contributed by atoms with Crippen molar-refractivity contribution in [2.75, 3.05) is 31.1 Å². The van der Waals surface area contributed by atoms with E-state index in [0.717, 1.165) is 22.8 Å². The third-order valence-corrected chi connectivity index (χ3v) is 6.28. The molecule has 2 N–H and O–H groups in total. The number of carboxylic acid groups (broad SMARTS) is 1. The molecule has 1 aliphatic rings. The van der Waals surface area contributed by atoms with Crippen LogP contribution in [0.25, 0.3) is 0 Å². The molecule has 1 saturated heterocycles. The molecule has 9 heteroatoms. The van der Waals surface area contributed by atoms with Gasteiger partial charge in [-0.1, -0.05) is 29.8 Å². The Morgan fingerprint density at radius 3 is 2.53 bits per heavy atom. The van der Waals surface area contributed by atoms with E-state index >= 15 is 0 Å². The maximum Gasteiger partial charge on any atom is 0.417 e. The molecule has 0 aliphatic carbocycles. The molecule has 2 aromatic carbocycles. The minimum Gasteiger partial charge on any atom is -0.481 e. The lowest BCUT2D eigenvalue weighted by Gasteiger charge is -2.37. The van der Waals surface area contributed by atoms with Crippen LogP contribution in [-0.4, -0.2) is 47.3 Å². The number of aliphatic hydroxyl groups is 1. The van der Waals surface area contributed by atoms with E-state index in [-0.39, 0.29) is 30.1 Å². The van der Waals surface area contributed by atoms with Crippen molar-refractivity contribution in [3.05, 3.63) is 63.7 Å². The highest BCUT2D eigenvalue weighted by atomic mass is 35.5. The summed E-state index contributed by atoms with van der Waals surface area (Å²) in [6.45, 7) is 5.36. The number of nitrogens with zero attached hydrogens (tertiary/aromatic N) is 2. The molecule has 1 aliphatic heterocycles. The molecule has 3 rings (SSSR count). The average Bonchev–Trinajstić information content (AvgIpc) is 2.68. The third-order valence-electron chi connectivity index (χ3n) is 5.95.